The molecule has 0 bridgehead atoms. The Morgan fingerprint density at radius 2 is 1.64 bits per heavy atom. The van der Waals surface area contributed by atoms with E-state index in [-0.39, 0.29) is 17.8 Å². The van der Waals surface area contributed by atoms with Gasteiger partial charge in [0.05, 0.1) is 13.7 Å². The van der Waals surface area contributed by atoms with E-state index in [1.807, 2.05) is 36.4 Å². The molecule has 1 heterocycles. The lowest BCUT2D eigenvalue weighted by atomic mass is 10.1. The number of carbonyl (C=O) groups excluding carboxylic acids is 2. The number of hydrogen-bond acceptors (Lipinski definition) is 3. The van der Waals surface area contributed by atoms with Gasteiger partial charge in [0.1, 0.15) is 23.9 Å². The Balaban J connectivity index is 1.52. The lowest BCUT2D eigenvalue weighted by Crippen LogP contribution is -2.30. The molecule has 0 aromatic heterocycles. The minimum atomic E-state index is -0.585. The van der Waals surface area contributed by atoms with Crippen molar-refractivity contribution in [2.24, 2.45) is 0 Å². The van der Waals surface area contributed by atoms with E-state index in [0.717, 1.165) is 23.2 Å². The zero-order valence-electron chi connectivity index (χ0n) is 16.9. The van der Waals surface area contributed by atoms with Crippen LogP contribution in [0.5, 0.6) is 5.75 Å². The number of ether oxygens (including phenoxy) is 1. The lowest BCUT2D eigenvalue weighted by molar-refractivity contribution is -0.123. The first-order valence-electron chi connectivity index (χ1n) is 9.76. The number of rotatable bonds is 6. The fraction of sp³-hybridized carbons (Fsp3) is 0.0833. The van der Waals surface area contributed by atoms with Crippen LogP contribution in [0.15, 0.2) is 66.4 Å². The summed E-state index contributed by atoms with van der Waals surface area (Å²) in [6, 6.07) is 16.7. The van der Waals surface area contributed by atoms with Crippen LogP contribution < -0.4 is 10.1 Å². The van der Waals surface area contributed by atoms with Gasteiger partial charge in [-0.2, -0.15) is 0 Å². The molecule has 0 unspecified atom stereocenters. The van der Waals surface area contributed by atoms with E-state index >= 15 is 0 Å². The number of imide groups is 1. The molecule has 5 nitrogen and oxygen atoms in total. The fourth-order valence-electron chi connectivity index (χ4n) is 3.24. The lowest BCUT2D eigenvalue weighted by Gasteiger charge is -2.13. The number of carbonyl (C=O) groups is 2. The summed E-state index contributed by atoms with van der Waals surface area (Å²) in [6.07, 6.45) is 1.60. The number of nitrogens with zero attached hydrogens (tertiary/aromatic N) is 1. The average Bonchev–Trinajstić information content (AvgIpc) is 3.03. The minimum Gasteiger partial charge on any atom is -0.487 e. The van der Waals surface area contributed by atoms with Gasteiger partial charge >= 0.3 is 6.03 Å². The Kier molecular flexibility index (Phi) is 7.55. The minimum absolute atomic E-state index is 0.132. The summed E-state index contributed by atoms with van der Waals surface area (Å²) in [5, 5.41) is 3.21. The Hall–Kier alpha value is -2.18. The van der Waals surface area contributed by atoms with Gasteiger partial charge in [0.25, 0.3) is 5.91 Å². The second-order valence-electron chi connectivity index (χ2n) is 7.16. The van der Waals surface area contributed by atoms with E-state index in [1.54, 1.807) is 24.3 Å². The quantitative estimate of drug-likeness (QED) is 0.187. The van der Waals surface area contributed by atoms with Crippen molar-refractivity contribution in [1.29, 1.82) is 0 Å². The molecule has 4 rings (SSSR count). The van der Waals surface area contributed by atoms with Gasteiger partial charge in [-0.3, -0.25) is 9.69 Å². The summed E-state index contributed by atoms with van der Waals surface area (Å²) >= 11 is 10.5. The van der Waals surface area contributed by atoms with E-state index in [1.165, 1.54) is 6.07 Å². The van der Waals surface area contributed by atoms with Crippen molar-refractivity contribution in [3.05, 3.63) is 101 Å². The summed E-state index contributed by atoms with van der Waals surface area (Å²) < 4.78 is 21.6. The molecule has 1 fully saturated rings. The summed E-state index contributed by atoms with van der Waals surface area (Å²) in [5.41, 5.74) is 2.01. The highest BCUT2D eigenvalue weighted by molar-refractivity contribution is 14.1. The van der Waals surface area contributed by atoms with Crippen LogP contribution >= 0.6 is 56.8 Å². The van der Waals surface area contributed by atoms with E-state index in [9.17, 15) is 14.0 Å². The second kappa shape index (κ2) is 10.4. The largest absolute Gasteiger partial charge is 0.487 e. The van der Waals surface area contributed by atoms with Crippen LogP contribution in [0.25, 0.3) is 6.08 Å². The van der Waals surface area contributed by atoms with E-state index < -0.39 is 17.8 Å². The highest BCUT2D eigenvalue weighted by atomic mass is 127. The molecule has 0 atom stereocenters. The maximum atomic E-state index is 14.0. The third kappa shape index (κ3) is 5.49. The standard InChI is InChI=1S/C24H16ClFI2N2O3/c25-17-7-3-1-6-16(17)13-33-22-19(27)9-14(10-20(22)28)11-21-23(31)30(24(32)29-21)12-15-5-2-4-8-18(15)26/h1-11H,12-13H2,(H,29,32)/b21-11+. The maximum absolute atomic E-state index is 14.0. The van der Waals surface area contributed by atoms with Gasteiger partial charge in [0.15, 0.2) is 0 Å². The molecular formula is C24H16ClFI2N2O3. The van der Waals surface area contributed by atoms with Gasteiger partial charge in [0, 0.05) is 16.1 Å². The zero-order valence-corrected chi connectivity index (χ0v) is 22.0. The third-order valence-electron chi connectivity index (χ3n) is 4.91. The Bertz CT molecular complexity index is 1260. The number of hydrogen-bond donors (Lipinski definition) is 1. The molecule has 1 saturated heterocycles. The SMILES string of the molecule is O=C1N/C(=C/c2cc(I)c(OCc3ccccc3Cl)c(I)c2)C(=O)N1Cc1ccccc1F. The van der Waals surface area contributed by atoms with Crippen LogP contribution in [0.4, 0.5) is 9.18 Å². The highest BCUT2D eigenvalue weighted by Crippen LogP contribution is 2.31. The number of amides is 3. The van der Waals surface area contributed by atoms with Gasteiger partial charge in [-0.1, -0.05) is 48.0 Å². The van der Waals surface area contributed by atoms with Crippen LogP contribution in [-0.2, 0) is 17.9 Å². The molecule has 1 aliphatic rings. The van der Waals surface area contributed by atoms with E-state index in [0.29, 0.717) is 17.4 Å². The predicted molar refractivity (Wildman–Crippen MR) is 141 cm³/mol. The first kappa shape index (κ1) is 24.0. The molecular weight excluding hydrogens is 673 g/mol. The Morgan fingerprint density at radius 3 is 2.30 bits per heavy atom. The van der Waals surface area contributed by atoms with Crippen LogP contribution in [0.3, 0.4) is 0 Å². The first-order valence-corrected chi connectivity index (χ1v) is 12.3. The zero-order chi connectivity index (χ0) is 23.5. The number of urea groups is 1. The van der Waals surface area contributed by atoms with Crippen molar-refractivity contribution >= 4 is 74.8 Å². The Labute approximate surface area is 222 Å². The van der Waals surface area contributed by atoms with Gasteiger partial charge < -0.3 is 10.1 Å². The van der Waals surface area contributed by atoms with Crippen LogP contribution in [-0.4, -0.2) is 16.8 Å². The van der Waals surface area contributed by atoms with Crippen LogP contribution in [0.2, 0.25) is 5.02 Å². The van der Waals surface area contributed by atoms with E-state index in [4.69, 9.17) is 16.3 Å². The molecule has 0 aliphatic carbocycles. The monoisotopic (exact) mass is 688 g/mol. The van der Waals surface area contributed by atoms with Crippen molar-refractivity contribution in [1.82, 2.24) is 10.2 Å². The highest BCUT2D eigenvalue weighted by Gasteiger charge is 2.34. The summed E-state index contributed by atoms with van der Waals surface area (Å²) in [5.74, 6) is -0.263. The number of halogens is 4. The summed E-state index contributed by atoms with van der Waals surface area (Å²) in [6.45, 7) is 0.185. The molecule has 0 saturated carbocycles. The van der Waals surface area contributed by atoms with Crippen molar-refractivity contribution in [3.63, 3.8) is 0 Å². The van der Waals surface area contributed by atoms with Crippen LogP contribution in [0, 0.1) is 13.0 Å². The molecule has 0 spiro atoms. The molecule has 3 aromatic carbocycles. The van der Waals surface area contributed by atoms with Crippen molar-refractivity contribution in [2.45, 2.75) is 13.2 Å². The molecule has 1 aliphatic heterocycles. The number of benzene rings is 3. The maximum Gasteiger partial charge on any atom is 0.329 e. The van der Waals surface area contributed by atoms with Crippen molar-refractivity contribution in [2.75, 3.05) is 0 Å². The molecule has 9 heteroatoms. The molecule has 168 valence electrons. The van der Waals surface area contributed by atoms with Gasteiger partial charge in [-0.15, -0.1) is 0 Å². The second-order valence-corrected chi connectivity index (χ2v) is 9.90. The normalized spacial score (nSPS) is 14.7. The molecule has 3 aromatic rings. The third-order valence-corrected chi connectivity index (χ3v) is 6.88. The van der Waals surface area contributed by atoms with Gasteiger partial charge in [-0.05, 0) is 81.1 Å². The molecule has 33 heavy (non-hydrogen) atoms. The topological polar surface area (TPSA) is 58.6 Å². The average molecular weight is 689 g/mol. The smallest absolute Gasteiger partial charge is 0.329 e. The number of nitrogens with one attached hydrogen (secondary N) is 1. The molecule has 3 amide bonds. The van der Waals surface area contributed by atoms with Crippen molar-refractivity contribution in [3.8, 4) is 5.75 Å². The van der Waals surface area contributed by atoms with Gasteiger partial charge in [0.2, 0.25) is 0 Å². The summed E-state index contributed by atoms with van der Waals surface area (Å²) in [7, 11) is 0. The first-order chi connectivity index (χ1) is 15.8. The fourth-order valence-corrected chi connectivity index (χ4v) is 5.56. The summed E-state index contributed by atoms with van der Waals surface area (Å²) in [4.78, 5) is 26.1. The van der Waals surface area contributed by atoms with Crippen LogP contribution in [0.1, 0.15) is 16.7 Å². The Morgan fingerprint density at radius 1 is 1.00 bits per heavy atom. The van der Waals surface area contributed by atoms with E-state index in [2.05, 4.69) is 50.5 Å². The van der Waals surface area contributed by atoms with Gasteiger partial charge in [-0.25, -0.2) is 9.18 Å². The molecule has 0 radical (unpaired) electrons. The predicted octanol–water partition coefficient (Wildman–Crippen LogP) is 6.36. The van der Waals surface area contributed by atoms with Crippen molar-refractivity contribution < 1.29 is 18.7 Å². The molecule has 1 N–H and O–H groups in total.